The second-order valence-corrected chi connectivity index (χ2v) is 6.39. The molecule has 0 unspecified atom stereocenters. The van der Waals surface area contributed by atoms with Crippen molar-refractivity contribution in [3.8, 4) is 0 Å². The molecule has 110 valence electrons. The third-order valence-corrected chi connectivity index (χ3v) is 4.37. The summed E-state index contributed by atoms with van der Waals surface area (Å²) in [7, 11) is 0.349. The van der Waals surface area contributed by atoms with Crippen molar-refractivity contribution in [2.24, 2.45) is 0 Å². The van der Waals surface area contributed by atoms with Crippen LogP contribution in [-0.4, -0.2) is 55.8 Å². The van der Waals surface area contributed by atoms with Crippen LogP contribution in [0.3, 0.4) is 0 Å². The Bertz CT molecular complexity index is 496. The van der Waals surface area contributed by atoms with Crippen molar-refractivity contribution in [2.45, 2.75) is 31.3 Å². The Labute approximate surface area is 114 Å². The van der Waals surface area contributed by atoms with Gasteiger partial charge < -0.3 is 10.0 Å². The lowest BCUT2D eigenvalue weighted by molar-refractivity contribution is 0.273. The number of hydrogen-bond acceptors (Lipinski definition) is 5. The first kappa shape index (κ1) is 16.1. The van der Waals surface area contributed by atoms with E-state index >= 15 is 0 Å². The van der Waals surface area contributed by atoms with Crippen molar-refractivity contribution >= 4 is 10.0 Å². The molecule has 0 amide bonds. The average Bonchev–Trinajstić information content (AvgIpc) is 2.70. The number of sulfonamides is 1. The zero-order chi connectivity index (χ0) is 14.5. The normalized spacial score (nSPS) is 12.3. The van der Waals surface area contributed by atoms with Gasteiger partial charge in [-0.15, -0.1) is 0 Å². The number of unbranched alkanes of at least 4 members (excludes halogenated alkanes) is 1. The van der Waals surface area contributed by atoms with Crippen molar-refractivity contribution in [1.29, 1.82) is 0 Å². The van der Waals surface area contributed by atoms with E-state index in [1.54, 1.807) is 6.92 Å². The molecule has 0 radical (unpaired) electrons. The quantitative estimate of drug-likeness (QED) is 0.577. The molecule has 0 spiro atoms. The highest BCUT2D eigenvalue weighted by Gasteiger charge is 2.23. The lowest BCUT2D eigenvalue weighted by Crippen LogP contribution is -2.26. The highest BCUT2D eigenvalue weighted by Crippen LogP contribution is 2.17. The van der Waals surface area contributed by atoms with Gasteiger partial charge in [0.1, 0.15) is 10.6 Å². The van der Waals surface area contributed by atoms with Gasteiger partial charge in [0.05, 0.1) is 12.3 Å². The minimum absolute atomic E-state index is 0.0580. The fourth-order valence-corrected chi connectivity index (χ4v) is 3.19. The lowest BCUT2D eigenvalue weighted by Gasteiger charge is -2.10. The number of rotatable bonds is 8. The van der Waals surface area contributed by atoms with Crippen LogP contribution < -0.4 is 4.72 Å². The van der Waals surface area contributed by atoms with E-state index in [4.69, 9.17) is 5.11 Å². The first-order valence-electron chi connectivity index (χ1n) is 6.17. The number of aromatic amines is 1. The van der Waals surface area contributed by atoms with Crippen LogP contribution in [-0.2, 0) is 16.6 Å². The van der Waals surface area contributed by atoms with Crippen LogP contribution in [0.5, 0.6) is 0 Å². The number of aromatic nitrogens is 2. The number of aliphatic hydroxyl groups is 1. The predicted molar refractivity (Wildman–Crippen MR) is 72.2 cm³/mol. The van der Waals surface area contributed by atoms with Crippen molar-refractivity contribution in [1.82, 2.24) is 19.8 Å². The second kappa shape index (κ2) is 6.99. The van der Waals surface area contributed by atoms with Gasteiger partial charge in [-0.05, 0) is 40.4 Å². The van der Waals surface area contributed by atoms with Gasteiger partial charge in [-0.2, -0.15) is 5.10 Å². The maximum Gasteiger partial charge on any atom is 0.244 e. The Morgan fingerprint density at radius 3 is 2.63 bits per heavy atom. The molecule has 0 aliphatic heterocycles. The maximum atomic E-state index is 12.1. The molecule has 1 aromatic heterocycles. The van der Waals surface area contributed by atoms with Gasteiger partial charge in [-0.3, -0.25) is 5.10 Å². The molecule has 0 bridgehead atoms. The fourth-order valence-electron chi connectivity index (χ4n) is 1.76. The molecule has 0 aliphatic rings. The Kier molecular flexibility index (Phi) is 5.92. The van der Waals surface area contributed by atoms with Gasteiger partial charge in [-0.1, -0.05) is 0 Å². The number of nitrogens with zero attached hydrogens (tertiary/aromatic N) is 2. The summed E-state index contributed by atoms with van der Waals surface area (Å²) in [5, 5.41) is 15.4. The van der Waals surface area contributed by atoms with E-state index in [0.717, 1.165) is 19.4 Å². The smallest absolute Gasteiger partial charge is 0.244 e. The van der Waals surface area contributed by atoms with Crippen LogP contribution in [0.4, 0.5) is 0 Å². The van der Waals surface area contributed by atoms with Crippen molar-refractivity contribution in [3.63, 3.8) is 0 Å². The largest absolute Gasteiger partial charge is 0.390 e. The Morgan fingerprint density at radius 1 is 1.37 bits per heavy atom. The number of aliphatic hydroxyl groups excluding tert-OH is 1. The first-order valence-corrected chi connectivity index (χ1v) is 7.66. The van der Waals surface area contributed by atoms with Gasteiger partial charge in [0.25, 0.3) is 0 Å². The topological polar surface area (TPSA) is 98.3 Å². The first-order chi connectivity index (χ1) is 8.88. The van der Waals surface area contributed by atoms with Gasteiger partial charge in [0.2, 0.25) is 10.0 Å². The molecular weight excluding hydrogens is 268 g/mol. The molecule has 0 atom stereocenters. The summed E-state index contributed by atoms with van der Waals surface area (Å²) >= 11 is 0. The van der Waals surface area contributed by atoms with Crippen molar-refractivity contribution in [2.75, 3.05) is 27.2 Å². The van der Waals surface area contributed by atoms with E-state index in [1.807, 2.05) is 14.1 Å². The van der Waals surface area contributed by atoms with Gasteiger partial charge in [-0.25, -0.2) is 13.1 Å². The molecule has 7 nitrogen and oxygen atoms in total. The summed E-state index contributed by atoms with van der Waals surface area (Å²) in [6, 6.07) is 0. The van der Waals surface area contributed by atoms with E-state index < -0.39 is 16.6 Å². The summed E-state index contributed by atoms with van der Waals surface area (Å²) in [4.78, 5) is 2.11. The van der Waals surface area contributed by atoms with E-state index in [9.17, 15) is 8.42 Å². The molecule has 1 rings (SSSR count). The molecular formula is C11H22N4O3S. The van der Waals surface area contributed by atoms with E-state index in [0.29, 0.717) is 12.2 Å². The monoisotopic (exact) mass is 290 g/mol. The van der Waals surface area contributed by atoms with Crippen LogP contribution in [0, 0.1) is 6.92 Å². The highest BCUT2D eigenvalue weighted by atomic mass is 32.2. The predicted octanol–water partition coefficient (Wildman–Crippen LogP) is -0.169. The average molecular weight is 290 g/mol. The molecule has 1 aromatic rings. The minimum Gasteiger partial charge on any atom is -0.390 e. The minimum atomic E-state index is -3.61. The molecule has 0 saturated carbocycles. The molecule has 1 heterocycles. The Hall–Kier alpha value is -0.960. The second-order valence-electron chi connectivity index (χ2n) is 4.69. The van der Waals surface area contributed by atoms with E-state index in [-0.39, 0.29) is 10.6 Å². The molecule has 0 fully saturated rings. The third kappa shape index (κ3) is 4.57. The molecule has 0 aromatic carbocycles. The van der Waals surface area contributed by atoms with Crippen molar-refractivity contribution < 1.29 is 13.5 Å². The van der Waals surface area contributed by atoms with Crippen LogP contribution >= 0.6 is 0 Å². The van der Waals surface area contributed by atoms with Crippen LogP contribution in [0.2, 0.25) is 0 Å². The zero-order valence-electron chi connectivity index (χ0n) is 11.6. The Morgan fingerprint density at radius 2 is 2.05 bits per heavy atom. The lowest BCUT2D eigenvalue weighted by atomic mass is 10.3. The molecule has 0 saturated heterocycles. The number of hydrogen-bond donors (Lipinski definition) is 3. The third-order valence-electron chi connectivity index (χ3n) is 2.70. The number of H-pyrrole nitrogens is 1. The fraction of sp³-hybridized carbons (Fsp3) is 0.727. The summed E-state index contributed by atoms with van der Waals surface area (Å²) in [5.74, 6) is 0. The SMILES string of the molecule is Cc1[nH]nc(CO)c1S(=O)(=O)NCCCCN(C)C. The van der Waals surface area contributed by atoms with Crippen LogP contribution in [0.25, 0.3) is 0 Å². The van der Waals surface area contributed by atoms with E-state index in [2.05, 4.69) is 19.8 Å². The van der Waals surface area contributed by atoms with Gasteiger partial charge in [0, 0.05) is 6.54 Å². The summed E-state index contributed by atoms with van der Waals surface area (Å²) in [6.07, 6.45) is 1.69. The van der Waals surface area contributed by atoms with Crippen molar-refractivity contribution in [3.05, 3.63) is 11.4 Å². The number of aryl methyl sites for hydroxylation is 1. The number of nitrogens with one attached hydrogen (secondary N) is 2. The van der Waals surface area contributed by atoms with Gasteiger partial charge in [0.15, 0.2) is 0 Å². The highest BCUT2D eigenvalue weighted by molar-refractivity contribution is 7.89. The maximum absolute atomic E-state index is 12.1. The van der Waals surface area contributed by atoms with Crippen LogP contribution in [0.15, 0.2) is 4.90 Å². The van der Waals surface area contributed by atoms with Crippen LogP contribution in [0.1, 0.15) is 24.2 Å². The Balaban J connectivity index is 2.59. The zero-order valence-corrected chi connectivity index (χ0v) is 12.4. The molecule has 0 aliphatic carbocycles. The van der Waals surface area contributed by atoms with Gasteiger partial charge >= 0.3 is 0 Å². The summed E-state index contributed by atoms with van der Waals surface area (Å²) < 4.78 is 26.7. The molecule has 8 heteroatoms. The molecule has 3 N–H and O–H groups in total. The van der Waals surface area contributed by atoms with E-state index in [1.165, 1.54) is 0 Å². The summed E-state index contributed by atoms with van der Waals surface area (Å²) in [6.45, 7) is 2.52. The molecule has 19 heavy (non-hydrogen) atoms. The standard InChI is InChI=1S/C11H22N4O3S/c1-9-11(10(8-16)14-13-9)19(17,18)12-6-4-5-7-15(2)3/h12,16H,4-8H2,1-3H3,(H,13,14). The summed E-state index contributed by atoms with van der Waals surface area (Å²) in [5.41, 5.74) is 0.586.